The van der Waals surface area contributed by atoms with Crippen LogP contribution in [-0.2, 0) is 18.0 Å². The first-order chi connectivity index (χ1) is 15.2. The van der Waals surface area contributed by atoms with E-state index in [-0.39, 0.29) is 11.8 Å². The van der Waals surface area contributed by atoms with E-state index in [1.165, 1.54) is 19.3 Å². The summed E-state index contributed by atoms with van der Waals surface area (Å²) in [7, 11) is 0. The van der Waals surface area contributed by atoms with Crippen LogP contribution in [0.2, 0.25) is 0 Å². The van der Waals surface area contributed by atoms with Crippen LogP contribution in [0.25, 0.3) is 5.69 Å². The zero-order chi connectivity index (χ0) is 21.6. The molecule has 0 radical (unpaired) electrons. The lowest BCUT2D eigenvalue weighted by Gasteiger charge is -2.30. The third kappa shape index (κ3) is 5.42. The van der Waals surface area contributed by atoms with Crippen LogP contribution in [0.3, 0.4) is 0 Å². The Morgan fingerprint density at radius 3 is 2.45 bits per heavy atom. The Labute approximate surface area is 190 Å². The van der Waals surface area contributed by atoms with E-state index in [4.69, 9.17) is 17.3 Å². The summed E-state index contributed by atoms with van der Waals surface area (Å²) in [5, 5.41) is 7.93. The molecule has 8 heteroatoms. The Bertz CT molecular complexity index is 910. The van der Waals surface area contributed by atoms with Gasteiger partial charge >= 0.3 is 0 Å². The number of nitrogens with one attached hydrogen (secondary N) is 1. The average molecular weight is 443 g/mol. The number of amides is 1. The van der Waals surface area contributed by atoms with Crippen LogP contribution in [0.1, 0.15) is 44.9 Å². The summed E-state index contributed by atoms with van der Waals surface area (Å²) < 4.78 is 4.84. The first-order valence-electron chi connectivity index (χ1n) is 11.6. The number of hydrogen-bond donors (Lipinski definition) is 1. The number of para-hydroxylation sites is 1. The molecule has 7 nitrogen and oxygen atoms in total. The molecule has 1 amide bonds. The Morgan fingerprint density at radius 2 is 1.77 bits per heavy atom. The molecule has 4 rings (SSSR count). The number of aromatic nitrogens is 3. The predicted molar refractivity (Wildman–Crippen MR) is 124 cm³/mol. The number of likely N-dealkylation sites (tertiary alicyclic amines) is 2. The van der Waals surface area contributed by atoms with Gasteiger partial charge in [0.2, 0.25) is 10.7 Å². The van der Waals surface area contributed by atoms with Gasteiger partial charge in [-0.15, -0.1) is 0 Å². The zero-order valence-electron chi connectivity index (χ0n) is 18.5. The van der Waals surface area contributed by atoms with Gasteiger partial charge in [-0.05, 0) is 70.0 Å². The van der Waals surface area contributed by atoms with Gasteiger partial charge in [-0.2, -0.15) is 5.10 Å². The van der Waals surface area contributed by atoms with E-state index in [2.05, 4.69) is 31.8 Å². The largest absolute Gasteiger partial charge is 0.356 e. The lowest BCUT2D eigenvalue weighted by atomic mass is 9.96. The van der Waals surface area contributed by atoms with Crippen LogP contribution < -0.4 is 5.32 Å². The number of benzene rings is 1. The smallest absolute Gasteiger partial charge is 0.223 e. The second-order valence-electron chi connectivity index (χ2n) is 8.63. The number of piperidine rings is 2. The molecule has 168 valence electrons. The molecule has 31 heavy (non-hydrogen) atoms. The Kier molecular flexibility index (Phi) is 7.53. The van der Waals surface area contributed by atoms with E-state index < -0.39 is 0 Å². The highest BCUT2D eigenvalue weighted by atomic mass is 32.1. The highest BCUT2D eigenvalue weighted by Gasteiger charge is 2.25. The van der Waals surface area contributed by atoms with Crippen molar-refractivity contribution in [1.29, 1.82) is 0 Å². The third-order valence-electron chi connectivity index (χ3n) is 6.38. The number of carbonyl (C=O) groups excluding carboxylic acids is 1. The molecule has 2 aromatic rings. The molecule has 0 spiro atoms. The van der Waals surface area contributed by atoms with E-state index >= 15 is 0 Å². The van der Waals surface area contributed by atoms with E-state index in [9.17, 15) is 4.79 Å². The maximum atomic E-state index is 12.1. The molecule has 2 saturated heterocycles. The molecule has 0 unspecified atom stereocenters. The average Bonchev–Trinajstić information content (AvgIpc) is 3.10. The molecule has 2 aliphatic heterocycles. The fourth-order valence-corrected chi connectivity index (χ4v) is 4.96. The quantitative estimate of drug-likeness (QED) is 0.668. The molecule has 2 aliphatic rings. The summed E-state index contributed by atoms with van der Waals surface area (Å²) in [6.45, 7) is 8.21. The van der Waals surface area contributed by atoms with Gasteiger partial charge in [0.05, 0.1) is 13.2 Å². The summed E-state index contributed by atoms with van der Waals surface area (Å²) in [6.07, 6.45) is 5.61. The number of hydrogen-bond acceptors (Lipinski definition) is 5. The number of rotatable bonds is 7. The van der Waals surface area contributed by atoms with Crippen LogP contribution in [0.15, 0.2) is 30.3 Å². The zero-order valence-corrected chi connectivity index (χ0v) is 19.3. The van der Waals surface area contributed by atoms with Crippen molar-refractivity contribution in [2.24, 2.45) is 5.92 Å². The maximum Gasteiger partial charge on any atom is 0.223 e. The predicted octanol–water partition coefficient (Wildman–Crippen LogP) is 3.19. The summed E-state index contributed by atoms with van der Waals surface area (Å²) >= 11 is 5.88. The van der Waals surface area contributed by atoms with E-state index in [1.54, 1.807) is 0 Å². The van der Waals surface area contributed by atoms with Crippen LogP contribution in [0, 0.1) is 10.7 Å². The standard InChI is InChI=1S/C23H34N6OS/c1-2-24-22(30)19-11-15-27(16-12-19)18-28-23(31)29(20-9-5-3-6-10-20)21(25-28)17-26-13-7-4-8-14-26/h3,5-6,9-10,19H,2,4,7-8,11-18H2,1H3,(H,24,30). The fraction of sp³-hybridized carbons (Fsp3) is 0.609. The lowest BCUT2D eigenvalue weighted by Crippen LogP contribution is -2.41. The first kappa shape index (κ1) is 22.2. The van der Waals surface area contributed by atoms with Gasteiger partial charge in [-0.3, -0.25) is 19.2 Å². The highest BCUT2D eigenvalue weighted by Crippen LogP contribution is 2.20. The van der Waals surface area contributed by atoms with Gasteiger partial charge in [-0.25, -0.2) is 4.68 Å². The third-order valence-corrected chi connectivity index (χ3v) is 6.77. The van der Waals surface area contributed by atoms with Crippen LogP contribution >= 0.6 is 12.2 Å². The topological polar surface area (TPSA) is 58.3 Å². The maximum absolute atomic E-state index is 12.1. The molecular formula is C23H34N6OS. The van der Waals surface area contributed by atoms with Crippen molar-refractivity contribution in [2.45, 2.75) is 52.2 Å². The van der Waals surface area contributed by atoms with Gasteiger partial charge < -0.3 is 5.32 Å². The van der Waals surface area contributed by atoms with Crippen molar-refractivity contribution in [3.63, 3.8) is 0 Å². The molecule has 0 atom stereocenters. The SMILES string of the molecule is CCNC(=O)C1CCN(Cn2nc(CN3CCCCC3)n(-c3ccccc3)c2=S)CC1. The first-order valence-corrected chi connectivity index (χ1v) is 12.0. The minimum atomic E-state index is 0.126. The molecule has 2 fully saturated rings. The number of carbonyl (C=O) groups is 1. The van der Waals surface area contributed by atoms with Crippen LogP contribution in [-0.4, -0.2) is 62.8 Å². The van der Waals surface area contributed by atoms with Crippen molar-refractivity contribution in [3.8, 4) is 5.69 Å². The summed E-state index contributed by atoms with van der Waals surface area (Å²) in [5.74, 6) is 1.33. The van der Waals surface area contributed by atoms with Crippen molar-refractivity contribution < 1.29 is 4.79 Å². The highest BCUT2D eigenvalue weighted by molar-refractivity contribution is 7.71. The molecular weight excluding hydrogens is 408 g/mol. The van der Waals surface area contributed by atoms with E-state index in [0.29, 0.717) is 13.2 Å². The van der Waals surface area contributed by atoms with Gasteiger partial charge in [0.1, 0.15) is 0 Å². The van der Waals surface area contributed by atoms with Crippen LogP contribution in [0.5, 0.6) is 0 Å². The molecule has 0 aliphatic carbocycles. The van der Waals surface area contributed by atoms with Gasteiger partial charge in [-0.1, -0.05) is 24.6 Å². The van der Waals surface area contributed by atoms with Crippen molar-refractivity contribution in [3.05, 3.63) is 40.9 Å². The van der Waals surface area contributed by atoms with Gasteiger partial charge in [0, 0.05) is 31.2 Å². The second kappa shape index (κ2) is 10.5. The normalized spacial score (nSPS) is 18.9. The van der Waals surface area contributed by atoms with Crippen molar-refractivity contribution in [2.75, 3.05) is 32.7 Å². The molecule has 1 N–H and O–H groups in total. The molecule has 0 bridgehead atoms. The summed E-state index contributed by atoms with van der Waals surface area (Å²) in [6, 6.07) is 10.3. The Hall–Kier alpha value is -2.03. The van der Waals surface area contributed by atoms with E-state index in [0.717, 1.165) is 61.8 Å². The molecule has 1 aromatic heterocycles. The molecule has 1 aromatic carbocycles. The lowest BCUT2D eigenvalue weighted by molar-refractivity contribution is -0.126. The van der Waals surface area contributed by atoms with Gasteiger partial charge in [0.15, 0.2) is 5.82 Å². The van der Waals surface area contributed by atoms with E-state index in [1.807, 2.05) is 29.8 Å². The van der Waals surface area contributed by atoms with Gasteiger partial charge in [0.25, 0.3) is 0 Å². The molecule has 0 saturated carbocycles. The minimum Gasteiger partial charge on any atom is -0.356 e. The van der Waals surface area contributed by atoms with Crippen molar-refractivity contribution >= 4 is 18.1 Å². The summed E-state index contributed by atoms with van der Waals surface area (Å²) in [5.41, 5.74) is 1.07. The van der Waals surface area contributed by atoms with Crippen LogP contribution in [0.4, 0.5) is 0 Å². The Morgan fingerprint density at radius 1 is 1.06 bits per heavy atom. The van der Waals surface area contributed by atoms with Crippen molar-refractivity contribution in [1.82, 2.24) is 29.5 Å². The number of nitrogens with zero attached hydrogens (tertiary/aromatic N) is 5. The second-order valence-corrected chi connectivity index (χ2v) is 9.00. The fourth-order valence-electron chi connectivity index (χ4n) is 4.65. The molecule has 3 heterocycles. The minimum absolute atomic E-state index is 0.126. The monoisotopic (exact) mass is 442 g/mol. The Balaban J connectivity index is 1.50. The summed E-state index contributed by atoms with van der Waals surface area (Å²) in [4.78, 5) is 17.0.